The Morgan fingerprint density at radius 3 is 1.00 bits per heavy atom. The Balaban J connectivity index is 0. The summed E-state index contributed by atoms with van der Waals surface area (Å²) < 4.78 is 0. The molecule has 0 atom stereocenters. The predicted octanol–water partition coefficient (Wildman–Crippen LogP) is -0.00750. The summed E-state index contributed by atoms with van der Waals surface area (Å²) >= 11 is 0. The van der Waals surface area contributed by atoms with Gasteiger partial charge in [0, 0.05) is 94.5 Å². The summed E-state index contributed by atoms with van der Waals surface area (Å²) in [4.78, 5) is 0. The van der Waals surface area contributed by atoms with E-state index >= 15 is 0 Å². The third-order valence-corrected chi connectivity index (χ3v) is 0. The van der Waals surface area contributed by atoms with E-state index < -0.39 is 0 Å². The predicted molar refractivity (Wildman–Crippen MR) is 0 cm³/mol. The van der Waals surface area contributed by atoms with Gasteiger partial charge in [0.25, 0.3) is 0 Å². The van der Waals surface area contributed by atoms with Crippen LogP contribution in [0.15, 0.2) is 0 Å². The fourth-order valence-corrected chi connectivity index (χ4v) is 0. The van der Waals surface area contributed by atoms with Crippen molar-refractivity contribution in [1.82, 2.24) is 0 Å². The van der Waals surface area contributed by atoms with Crippen molar-refractivity contribution in [2.75, 3.05) is 0 Å². The summed E-state index contributed by atoms with van der Waals surface area (Å²) in [5.74, 6) is 0. The molecule has 0 saturated heterocycles. The topological polar surface area (TPSA) is 0 Å². The molecule has 0 saturated carbocycles. The van der Waals surface area contributed by atoms with Gasteiger partial charge in [-0.2, -0.15) is 0 Å². The second kappa shape index (κ2) is 16.6. The van der Waals surface area contributed by atoms with Gasteiger partial charge in [-0.1, -0.05) is 0 Å². The molecule has 0 aromatic heterocycles. The molecule has 0 aromatic carbocycles. The van der Waals surface area contributed by atoms with E-state index in [4.69, 9.17) is 0 Å². The van der Waals surface area contributed by atoms with E-state index in [-0.39, 0.29) is 94.5 Å². The smallest absolute Gasteiger partial charge is 0 e. The molecule has 0 nitrogen and oxygen atoms in total. The van der Waals surface area contributed by atoms with Crippen molar-refractivity contribution in [1.29, 1.82) is 0 Å². The minimum absolute atomic E-state index is 0. The Morgan fingerprint density at radius 1 is 1.00 bits per heavy atom. The zero-order chi connectivity index (χ0) is 0. The van der Waals surface area contributed by atoms with Gasteiger partial charge in [-0.25, -0.2) is 0 Å². The molecule has 0 aliphatic carbocycles. The SMILES string of the molecule is [Cu].[Fe].[Nd].[Zn]. The minimum Gasteiger partial charge on any atom is 0 e. The molecular weight excluding hydrogens is 329 g/mol. The molecule has 0 unspecified atom stereocenters. The Bertz CT molecular complexity index is 8.00. The fourth-order valence-electron chi connectivity index (χ4n) is 0. The molecule has 0 heterocycles. The van der Waals surface area contributed by atoms with Crippen LogP contribution in [0.1, 0.15) is 0 Å². The van der Waals surface area contributed by atoms with Crippen LogP contribution >= 0.6 is 0 Å². The number of hydrogen-bond acceptors (Lipinski definition) is 0. The maximum absolute atomic E-state index is 0. The second-order valence-electron chi connectivity index (χ2n) is 0. The second-order valence-corrected chi connectivity index (χ2v) is 0. The van der Waals surface area contributed by atoms with Crippen LogP contribution in [0.2, 0.25) is 0 Å². The molecule has 0 rings (SSSR count). The molecule has 0 N–H and O–H groups in total. The summed E-state index contributed by atoms with van der Waals surface area (Å²) in [6, 6.07) is 0. The van der Waals surface area contributed by atoms with Crippen LogP contribution in [0, 0.1) is 40.8 Å². The van der Waals surface area contributed by atoms with Gasteiger partial charge in [0.05, 0.1) is 0 Å². The van der Waals surface area contributed by atoms with Crippen molar-refractivity contribution in [3.63, 3.8) is 0 Å². The first kappa shape index (κ1) is 27.9. The summed E-state index contributed by atoms with van der Waals surface area (Å²) in [6.45, 7) is 0. The number of rotatable bonds is 0. The van der Waals surface area contributed by atoms with Crippen LogP contribution in [-0.2, 0) is 53.6 Å². The Hall–Kier alpha value is 3.01. The van der Waals surface area contributed by atoms with Gasteiger partial charge in [-0.15, -0.1) is 0 Å². The molecule has 0 aliphatic heterocycles. The Kier molecular flexibility index (Phi) is 116. The first-order valence-corrected chi connectivity index (χ1v) is 0. The maximum Gasteiger partial charge on any atom is 0 e. The summed E-state index contributed by atoms with van der Waals surface area (Å²) in [5, 5.41) is 0. The third-order valence-electron chi connectivity index (χ3n) is 0. The van der Waals surface area contributed by atoms with Crippen molar-refractivity contribution >= 4 is 0 Å². The van der Waals surface area contributed by atoms with Gasteiger partial charge in [-0.05, 0) is 0 Å². The van der Waals surface area contributed by atoms with Crippen molar-refractivity contribution < 1.29 is 94.5 Å². The van der Waals surface area contributed by atoms with Gasteiger partial charge in [0.1, 0.15) is 0 Å². The maximum atomic E-state index is 0. The first-order valence-electron chi connectivity index (χ1n) is 0. The molecule has 0 aromatic rings. The molecule has 4 heteroatoms. The average molecular weight is 329 g/mol. The quantitative estimate of drug-likeness (QED) is 0.549. The Labute approximate surface area is 92.5 Å². The zero-order valence-corrected chi connectivity index (χ0v) is 10.1. The van der Waals surface area contributed by atoms with Gasteiger partial charge < -0.3 is 0 Å². The Morgan fingerprint density at radius 2 is 1.00 bits per heavy atom. The van der Waals surface area contributed by atoms with Gasteiger partial charge in [0.15, 0.2) is 0 Å². The molecule has 0 fully saturated rings. The largest absolute Gasteiger partial charge is 0 e. The molecule has 25 valence electrons. The van der Waals surface area contributed by atoms with Crippen LogP contribution < -0.4 is 0 Å². The van der Waals surface area contributed by atoms with E-state index in [9.17, 15) is 0 Å². The van der Waals surface area contributed by atoms with Crippen molar-refractivity contribution in [3.8, 4) is 0 Å². The first-order chi connectivity index (χ1) is 0. The van der Waals surface area contributed by atoms with E-state index in [1.807, 2.05) is 0 Å². The van der Waals surface area contributed by atoms with Crippen molar-refractivity contribution in [2.24, 2.45) is 0 Å². The van der Waals surface area contributed by atoms with Crippen molar-refractivity contribution in [3.05, 3.63) is 0 Å². The van der Waals surface area contributed by atoms with Crippen LogP contribution in [-0.4, -0.2) is 0 Å². The van der Waals surface area contributed by atoms with Crippen LogP contribution in [0.4, 0.5) is 0 Å². The molecule has 0 bridgehead atoms. The zero-order valence-electron chi connectivity index (χ0n) is 1.86. The monoisotopic (exact) mass is 325 g/mol. The van der Waals surface area contributed by atoms with E-state index in [0.717, 1.165) is 0 Å². The van der Waals surface area contributed by atoms with Crippen LogP contribution in [0.5, 0.6) is 0 Å². The van der Waals surface area contributed by atoms with Gasteiger partial charge in [0.2, 0.25) is 0 Å². The average Bonchev–Trinajstić information content (AvgIpc) is 0. The molecule has 0 amide bonds. The van der Waals surface area contributed by atoms with Crippen LogP contribution in [0.3, 0.4) is 0 Å². The summed E-state index contributed by atoms with van der Waals surface area (Å²) in [5.41, 5.74) is 0. The molecule has 1 radical (unpaired) electrons. The minimum atomic E-state index is 0. The van der Waals surface area contributed by atoms with Gasteiger partial charge in [-0.3, -0.25) is 0 Å². The van der Waals surface area contributed by atoms with Crippen LogP contribution in [0.25, 0.3) is 0 Å². The molecule has 0 spiro atoms. The van der Waals surface area contributed by atoms with E-state index in [0.29, 0.717) is 0 Å². The normalized spacial score (nSPS) is 0. The van der Waals surface area contributed by atoms with Gasteiger partial charge >= 0.3 is 0 Å². The van der Waals surface area contributed by atoms with E-state index in [2.05, 4.69) is 0 Å². The summed E-state index contributed by atoms with van der Waals surface area (Å²) in [7, 11) is 0. The van der Waals surface area contributed by atoms with Crippen molar-refractivity contribution in [2.45, 2.75) is 0 Å². The number of hydrogen-bond donors (Lipinski definition) is 0. The standard InChI is InChI=1S/Cu.Fe.Nd.Zn. The van der Waals surface area contributed by atoms with E-state index in [1.165, 1.54) is 0 Å². The van der Waals surface area contributed by atoms with E-state index in [1.54, 1.807) is 0 Å². The summed E-state index contributed by atoms with van der Waals surface area (Å²) in [6.07, 6.45) is 0. The molecule has 0 aliphatic rings. The molecule has 4 heavy (non-hydrogen) atoms. The molecular formula is CuFeNdZn. The fraction of sp³-hybridized carbons (Fsp3) is 0. The third kappa shape index (κ3) is 8.89.